The highest BCUT2D eigenvalue weighted by atomic mass is 32.2. The Morgan fingerprint density at radius 2 is 1.83 bits per heavy atom. The minimum Gasteiger partial charge on any atom is -0.494 e. The van der Waals surface area contributed by atoms with Gasteiger partial charge in [0.05, 0.1) is 24.9 Å². The minimum absolute atomic E-state index is 0.0330. The number of hydrogen-bond acceptors (Lipinski definition) is 6. The largest absolute Gasteiger partial charge is 0.494 e. The van der Waals surface area contributed by atoms with Crippen molar-refractivity contribution >= 4 is 37.9 Å². The number of piperidine rings is 1. The third-order valence-electron chi connectivity index (χ3n) is 9.03. The average Bonchev–Trinajstić information content (AvgIpc) is 3.68. The third-order valence-corrected chi connectivity index (χ3v) is 9.96. The number of methoxy groups -OCH3 is 1. The number of carbonyl (C=O) groups excluding carboxylic acids is 1. The van der Waals surface area contributed by atoms with E-state index < -0.39 is 38.8 Å². The zero-order valence-corrected chi connectivity index (χ0v) is 26.5. The number of carbonyl (C=O) groups is 1. The highest BCUT2D eigenvalue weighted by Gasteiger charge is 2.31. The van der Waals surface area contributed by atoms with Crippen molar-refractivity contribution in [3.05, 3.63) is 65.7 Å². The third kappa shape index (κ3) is 5.63. The molecule has 2 fully saturated rings. The second-order valence-electron chi connectivity index (χ2n) is 12.5. The van der Waals surface area contributed by atoms with Gasteiger partial charge in [0.15, 0.2) is 5.82 Å². The topological polar surface area (TPSA) is 138 Å². The molecule has 1 saturated carbocycles. The van der Waals surface area contributed by atoms with E-state index in [0.29, 0.717) is 52.3 Å². The number of aromatic nitrogens is 3. The van der Waals surface area contributed by atoms with E-state index in [0.717, 1.165) is 35.5 Å². The van der Waals surface area contributed by atoms with Gasteiger partial charge in [0.1, 0.15) is 34.0 Å². The molecule has 246 valence electrons. The lowest BCUT2D eigenvalue weighted by atomic mass is 10.0. The maximum absolute atomic E-state index is 15.0. The van der Waals surface area contributed by atoms with Gasteiger partial charge in [0.2, 0.25) is 10.0 Å². The molecule has 3 aromatic carbocycles. The van der Waals surface area contributed by atoms with Gasteiger partial charge in [0, 0.05) is 54.3 Å². The van der Waals surface area contributed by atoms with Gasteiger partial charge in [0.25, 0.3) is 5.91 Å². The van der Waals surface area contributed by atoms with E-state index in [9.17, 15) is 22.0 Å². The molecule has 0 spiro atoms. The summed E-state index contributed by atoms with van der Waals surface area (Å²) in [5.74, 6) is -1.10. The quantitative estimate of drug-likeness (QED) is 0.258. The van der Waals surface area contributed by atoms with Gasteiger partial charge in [-0.15, -0.1) is 0 Å². The van der Waals surface area contributed by atoms with E-state index in [4.69, 9.17) is 20.6 Å². The van der Waals surface area contributed by atoms with Crippen LogP contribution in [0.25, 0.3) is 44.6 Å². The van der Waals surface area contributed by atoms with Crippen LogP contribution in [0, 0.1) is 17.6 Å². The number of fused-ring (bicyclic) bond motifs is 2. The molecule has 1 aliphatic heterocycles. The number of imidazole rings is 1. The molecule has 2 aromatic heterocycles. The number of amides is 1. The number of rotatable bonds is 7. The highest BCUT2D eigenvalue weighted by molar-refractivity contribution is 7.89. The fraction of sp³-hybridized carbons (Fsp3) is 0.333. The van der Waals surface area contributed by atoms with Gasteiger partial charge in [-0.1, -0.05) is 12.1 Å². The summed E-state index contributed by atoms with van der Waals surface area (Å²) in [6, 6.07) is 11.4. The molecule has 0 unspecified atom stereocenters. The van der Waals surface area contributed by atoms with Gasteiger partial charge in [-0.2, -0.15) is 0 Å². The SMILES string of the molecule is COc1cc(C(=O)N2C[C@H](N)C[C@@H](F)C2)cc2nc(-c3cc4ccc(-c5cc(S(N)(=O)=O)c(F)cc5F)cc4n3CC3CC3)n(C)c12. The smallest absolute Gasteiger partial charge is 0.254 e. The maximum Gasteiger partial charge on any atom is 0.254 e. The van der Waals surface area contributed by atoms with Crippen LogP contribution in [0.1, 0.15) is 29.6 Å². The van der Waals surface area contributed by atoms with Gasteiger partial charge < -0.3 is 24.5 Å². The highest BCUT2D eigenvalue weighted by Crippen LogP contribution is 2.39. The van der Waals surface area contributed by atoms with Crippen molar-refractivity contribution in [2.45, 2.75) is 42.9 Å². The van der Waals surface area contributed by atoms with E-state index in [2.05, 4.69) is 4.57 Å². The van der Waals surface area contributed by atoms with E-state index in [-0.39, 0.29) is 31.0 Å². The fourth-order valence-electron chi connectivity index (χ4n) is 6.57. The van der Waals surface area contributed by atoms with Gasteiger partial charge in [-0.3, -0.25) is 4.79 Å². The van der Waals surface area contributed by atoms with Crippen LogP contribution in [0.4, 0.5) is 13.2 Å². The summed E-state index contributed by atoms with van der Waals surface area (Å²) in [7, 11) is -1.08. The van der Waals surface area contributed by atoms with E-state index in [1.54, 1.807) is 30.3 Å². The molecule has 5 aromatic rings. The number of ether oxygens (including phenoxy) is 1. The molecule has 2 atom stereocenters. The first-order chi connectivity index (χ1) is 22.3. The summed E-state index contributed by atoms with van der Waals surface area (Å²) in [6.07, 6.45) is 1.11. The predicted octanol–water partition coefficient (Wildman–Crippen LogP) is 4.72. The number of sulfonamides is 1. The molecule has 1 amide bonds. The minimum atomic E-state index is -4.43. The van der Waals surface area contributed by atoms with E-state index in [1.165, 1.54) is 12.0 Å². The Morgan fingerprint density at radius 1 is 1.06 bits per heavy atom. The Balaban J connectivity index is 1.35. The van der Waals surface area contributed by atoms with Crippen LogP contribution in [0.15, 0.2) is 53.4 Å². The van der Waals surface area contributed by atoms with E-state index in [1.807, 2.05) is 17.7 Å². The molecule has 3 heterocycles. The lowest BCUT2D eigenvalue weighted by Gasteiger charge is -2.33. The normalized spacial score (nSPS) is 18.7. The van der Waals surface area contributed by atoms with Crippen molar-refractivity contribution in [1.29, 1.82) is 0 Å². The van der Waals surface area contributed by atoms with Crippen LogP contribution in [0.5, 0.6) is 5.75 Å². The van der Waals surface area contributed by atoms with Gasteiger partial charge in [-0.25, -0.2) is 31.7 Å². The summed E-state index contributed by atoms with van der Waals surface area (Å²) >= 11 is 0. The van der Waals surface area contributed by atoms with Crippen LogP contribution in [-0.2, 0) is 23.6 Å². The van der Waals surface area contributed by atoms with Crippen molar-refractivity contribution in [3.63, 3.8) is 0 Å². The van der Waals surface area contributed by atoms with Gasteiger partial charge in [-0.05, 0) is 61.1 Å². The molecule has 0 radical (unpaired) electrons. The zero-order chi connectivity index (χ0) is 33.4. The molecule has 10 nitrogen and oxygen atoms in total. The van der Waals surface area contributed by atoms with Crippen molar-refractivity contribution in [2.24, 2.45) is 23.8 Å². The number of nitrogens with zero attached hydrogens (tertiary/aromatic N) is 4. The summed E-state index contributed by atoms with van der Waals surface area (Å²) in [4.78, 5) is 19.0. The van der Waals surface area contributed by atoms with Crippen molar-refractivity contribution < 1.29 is 31.1 Å². The first-order valence-corrected chi connectivity index (χ1v) is 16.8. The molecule has 7 rings (SSSR count). The van der Waals surface area contributed by atoms with E-state index >= 15 is 4.39 Å². The predicted molar refractivity (Wildman–Crippen MR) is 171 cm³/mol. The summed E-state index contributed by atoms with van der Waals surface area (Å²) in [5, 5.41) is 6.02. The molecular formula is C33H33F3N6O4S. The number of hydrogen-bond donors (Lipinski definition) is 2. The standard InChI is InChI=1S/C33H33F3N6O4S/c1-40-31-26(7-20(10-29(31)46-2)33(43)41-15-21(34)11-22(37)16-41)39-32(40)28-9-19-6-5-18(8-27(19)42(28)14-17-3-4-17)23-12-30(47(38,44)45)25(36)13-24(23)35/h5-10,12-13,17,21-22H,3-4,11,14-16,37H2,1-2H3,(H2,38,44,45)/t21-,22-/m1/s1. The Morgan fingerprint density at radius 3 is 2.51 bits per heavy atom. The summed E-state index contributed by atoms with van der Waals surface area (Å²) in [6.45, 7) is 0.872. The van der Waals surface area contributed by atoms with Crippen LogP contribution in [0.3, 0.4) is 0 Å². The lowest BCUT2D eigenvalue weighted by molar-refractivity contribution is 0.0606. The number of primary sulfonamides is 1. The van der Waals surface area contributed by atoms with Crippen LogP contribution < -0.4 is 15.6 Å². The summed E-state index contributed by atoms with van der Waals surface area (Å²) < 4.78 is 77.2. The molecule has 47 heavy (non-hydrogen) atoms. The molecule has 14 heteroatoms. The van der Waals surface area contributed by atoms with Crippen molar-refractivity contribution in [2.75, 3.05) is 20.2 Å². The fourth-order valence-corrected chi connectivity index (χ4v) is 7.19. The van der Waals surface area contributed by atoms with Crippen LogP contribution in [-0.4, -0.2) is 65.8 Å². The Hall–Kier alpha value is -4.40. The number of benzene rings is 3. The Labute approximate surface area is 268 Å². The van der Waals surface area contributed by atoms with Gasteiger partial charge >= 0.3 is 0 Å². The second kappa shape index (κ2) is 11.4. The second-order valence-corrected chi connectivity index (χ2v) is 14.0. The van der Waals surface area contributed by atoms with Crippen molar-refractivity contribution in [1.82, 2.24) is 19.0 Å². The monoisotopic (exact) mass is 666 g/mol. The molecule has 1 saturated heterocycles. The van der Waals surface area contributed by atoms with Crippen molar-refractivity contribution in [3.8, 4) is 28.4 Å². The molecule has 4 N–H and O–H groups in total. The Kier molecular flexibility index (Phi) is 7.56. The number of nitrogens with two attached hydrogens (primary N) is 2. The molecular weight excluding hydrogens is 633 g/mol. The summed E-state index contributed by atoms with van der Waals surface area (Å²) in [5.41, 5.74) is 9.24. The first kappa shape index (κ1) is 31.2. The zero-order valence-electron chi connectivity index (χ0n) is 25.7. The molecule has 0 bridgehead atoms. The lowest BCUT2D eigenvalue weighted by Crippen LogP contribution is -2.50. The molecule has 2 aliphatic rings. The molecule has 1 aliphatic carbocycles. The number of aryl methyl sites for hydroxylation is 1. The van der Waals surface area contributed by atoms with Crippen LogP contribution in [0.2, 0.25) is 0 Å². The first-order valence-electron chi connectivity index (χ1n) is 15.2. The average molecular weight is 667 g/mol. The maximum atomic E-state index is 15.0. The number of alkyl halides is 1. The Bertz CT molecular complexity index is 2180. The number of likely N-dealkylation sites (tertiary alicyclic amines) is 1. The number of halogens is 3. The van der Waals surface area contributed by atoms with Crippen LogP contribution >= 0.6 is 0 Å².